The number of hydrogen-bond donors (Lipinski definition) is 0. The van der Waals surface area contributed by atoms with E-state index in [-0.39, 0.29) is 35.5 Å². The van der Waals surface area contributed by atoms with E-state index < -0.39 is 5.97 Å². The molecule has 158 valence electrons. The van der Waals surface area contributed by atoms with E-state index in [0.717, 1.165) is 17.9 Å². The van der Waals surface area contributed by atoms with E-state index in [2.05, 4.69) is 17.3 Å². The molecule has 31 heavy (non-hydrogen) atoms. The molecule has 4 atom stereocenters. The Morgan fingerprint density at radius 2 is 1.84 bits per heavy atom. The van der Waals surface area contributed by atoms with Crippen molar-refractivity contribution in [3.63, 3.8) is 0 Å². The van der Waals surface area contributed by atoms with E-state index in [1.54, 1.807) is 37.3 Å². The molecule has 2 fully saturated rings. The maximum absolute atomic E-state index is 12.8. The number of hydrogen-bond acceptors (Lipinski definition) is 6. The van der Waals surface area contributed by atoms with Crippen molar-refractivity contribution in [3.8, 4) is 11.3 Å². The van der Waals surface area contributed by atoms with Crippen LogP contribution in [-0.2, 0) is 14.3 Å². The number of benzene rings is 1. The highest BCUT2D eigenvalue weighted by Gasteiger charge is 2.56. The van der Waals surface area contributed by atoms with Gasteiger partial charge in [-0.25, -0.2) is 4.79 Å². The van der Waals surface area contributed by atoms with Crippen LogP contribution < -0.4 is 0 Å². The van der Waals surface area contributed by atoms with Gasteiger partial charge >= 0.3 is 5.97 Å². The third kappa shape index (κ3) is 3.30. The van der Waals surface area contributed by atoms with Gasteiger partial charge in [-0.15, -0.1) is 0 Å². The lowest BCUT2D eigenvalue weighted by Crippen LogP contribution is -2.38. The zero-order valence-electron chi connectivity index (χ0n) is 17.1. The molecular formula is C24H22N2O5. The number of fused-ring (bicyclic) bond motifs is 1. The SMILES string of the molecule is CCOC(=O)c1cccc(-c2ccc(C=NN3C(=O)C4C5C=CC(CC5)C4C3=O)o2)c1. The Kier molecular flexibility index (Phi) is 4.81. The van der Waals surface area contributed by atoms with Crippen molar-refractivity contribution in [3.05, 3.63) is 59.9 Å². The number of amides is 2. The number of nitrogens with zero attached hydrogens (tertiary/aromatic N) is 2. The highest BCUT2D eigenvalue weighted by molar-refractivity contribution is 6.06. The summed E-state index contributed by atoms with van der Waals surface area (Å²) in [5, 5.41) is 5.18. The van der Waals surface area contributed by atoms with Gasteiger partial charge < -0.3 is 9.15 Å². The van der Waals surface area contributed by atoms with E-state index in [4.69, 9.17) is 9.15 Å². The molecule has 0 N–H and O–H groups in total. The molecule has 1 saturated carbocycles. The third-order valence-corrected chi connectivity index (χ3v) is 6.32. The van der Waals surface area contributed by atoms with E-state index >= 15 is 0 Å². The predicted octanol–water partition coefficient (Wildman–Crippen LogP) is 3.65. The molecule has 7 heteroatoms. The summed E-state index contributed by atoms with van der Waals surface area (Å²) in [4.78, 5) is 37.6. The van der Waals surface area contributed by atoms with Gasteiger partial charge in [0.1, 0.15) is 11.5 Å². The number of imide groups is 1. The summed E-state index contributed by atoms with van der Waals surface area (Å²) in [6.07, 6.45) is 7.45. The average molecular weight is 418 g/mol. The van der Waals surface area contributed by atoms with E-state index in [9.17, 15) is 14.4 Å². The van der Waals surface area contributed by atoms with Gasteiger partial charge in [-0.05, 0) is 55.9 Å². The molecule has 1 aromatic heterocycles. The molecule has 3 aliphatic carbocycles. The van der Waals surface area contributed by atoms with Gasteiger partial charge in [-0.3, -0.25) is 9.59 Å². The molecule has 1 aromatic carbocycles. The van der Waals surface area contributed by atoms with Crippen LogP contribution in [0.1, 0.15) is 35.9 Å². The Labute approximate surface area is 179 Å². The van der Waals surface area contributed by atoms with Crippen molar-refractivity contribution in [1.29, 1.82) is 0 Å². The number of ether oxygens (including phenoxy) is 1. The van der Waals surface area contributed by atoms with Gasteiger partial charge in [0.25, 0.3) is 11.8 Å². The van der Waals surface area contributed by atoms with Gasteiger partial charge in [-0.2, -0.15) is 10.1 Å². The average Bonchev–Trinajstić information content (AvgIpc) is 3.38. The van der Waals surface area contributed by atoms with Gasteiger partial charge in [-0.1, -0.05) is 24.3 Å². The summed E-state index contributed by atoms with van der Waals surface area (Å²) in [7, 11) is 0. The molecule has 6 rings (SSSR count). The Morgan fingerprint density at radius 1 is 1.13 bits per heavy atom. The summed E-state index contributed by atoms with van der Waals surface area (Å²) in [5.41, 5.74) is 1.15. The number of hydrazone groups is 1. The number of carbonyl (C=O) groups excluding carboxylic acids is 3. The van der Waals surface area contributed by atoms with Gasteiger partial charge in [0.15, 0.2) is 0 Å². The minimum absolute atomic E-state index is 0.133. The van der Waals surface area contributed by atoms with Crippen molar-refractivity contribution in [2.24, 2.45) is 28.8 Å². The van der Waals surface area contributed by atoms with Crippen LogP contribution in [0.25, 0.3) is 11.3 Å². The molecule has 2 aromatic rings. The highest BCUT2D eigenvalue weighted by Crippen LogP contribution is 2.49. The smallest absolute Gasteiger partial charge is 0.338 e. The second kappa shape index (κ2) is 7.65. The molecule has 7 nitrogen and oxygen atoms in total. The van der Waals surface area contributed by atoms with Crippen LogP contribution in [-0.4, -0.2) is 35.6 Å². The van der Waals surface area contributed by atoms with Crippen molar-refractivity contribution < 1.29 is 23.5 Å². The molecule has 2 bridgehead atoms. The molecule has 2 heterocycles. The second-order valence-corrected chi connectivity index (χ2v) is 8.08. The van der Waals surface area contributed by atoms with Crippen LogP contribution in [0.15, 0.2) is 58.1 Å². The van der Waals surface area contributed by atoms with Crippen molar-refractivity contribution in [2.75, 3.05) is 6.61 Å². The number of carbonyl (C=O) groups is 3. The predicted molar refractivity (Wildman–Crippen MR) is 112 cm³/mol. The summed E-state index contributed by atoms with van der Waals surface area (Å²) >= 11 is 0. The van der Waals surface area contributed by atoms with Crippen LogP contribution in [0, 0.1) is 23.7 Å². The number of rotatable bonds is 5. The van der Waals surface area contributed by atoms with Crippen molar-refractivity contribution >= 4 is 24.0 Å². The first kappa shape index (κ1) is 19.5. The first-order valence-corrected chi connectivity index (χ1v) is 10.5. The number of esters is 1. The van der Waals surface area contributed by atoms with Crippen LogP contribution in [0.5, 0.6) is 0 Å². The van der Waals surface area contributed by atoms with Gasteiger partial charge in [0.2, 0.25) is 0 Å². The Hall–Kier alpha value is -3.48. The monoisotopic (exact) mass is 418 g/mol. The van der Waals surface area contributed by atoms with E-state index in [0.29, 0.717) is 29.3 Å². The summed E-state index contributed by atoms with van der Waals surface area (Å²) in [6, 6.07) is 10.4. The second-order valence-electron chi connectivity index (χ2n) is 8.08. The molecule has 4 unspecified atom stereocenters. The largest absolute Gasteiger partial charge is 0.462 e. The quantitative estimate of drug-likeness (QED) is 0.320. The van der Waals surface area contributed by atoms with Crippen LogP contribution in [0.2, 0.25) is 0 Å². The Bertz CT molecular complexity index is 1080. The molecule has 1 saturated heterocycles. The van der Waals surface area contributed by atoms with Crippen molar-refractivity contribution in [1.82, 2.24) is 5.01 Å². The first-order chi connectivity index (χ1) is 15.1. The molecule has 2 amide bonds. The van der Waals surface area contributed by atoms with E-state index in [1.807, 2.05) is 6.07 Å². The number of allylic oxidation sites excluding steroid dienone is 2. The Balaban J connectivity index is 1.34. The van der Waals surface area contributed by atoms with E-state index in [1.165, 1.54) is 6.21 Å². The molecular weight excluding hydrogens is 396 g/mol. The third-order valence-electron chi connectivity index (χ3n) is 6.32. The first-order valence-electron chi connectivity index (χ1n) is 10.5. The summed E-state index contributed by atoms with van der Waals surface area (Å²) in [5.74, 6) is -0.192. The number of furan rings is 1. The molecule has 0 radical (unpaired) electrons. The lowest BCUT2D eigenvalue weighted by molar-refractivity contribution is -0.140. The van der Waals surface area contributed by atoms with Gasteiger partial charge in [0, 0.05) is 5.56 Å². The normalized spacial score (nSPS) is 26.7. The maximum atomic E-state index is 12.8. The summed E-state index contributed by atoms with van der Waals surface area (Å²) in [6.45, 7) is 2.06. The zero-order valence-corrected chi connectivity index (χ0v) is 17.1. The minimum atomic E-state index is -0.395. The minimum Gasteiger partial charge on any atom is -0.462 e. The lowest BCUT2D eigenvalue weighted by atomic mass is 9.63. The highest BCUT2D eigenvalue weighted by atomic mass is 16.5. The summed E-state index contributed by atoms with van der Waals surface area (Å²) < 4.78 is 10.8. The maximum Gasteiger partial charge on any atom is 0.338 e. The molecule has 0 spiro atoms. The topological polar surface area (TPSA) is 89.2 Å². The van der Waals surface area contributed by atoms with Gasteiger partial charge in [0.05, 0.1) is 30.2 Å². The standard InChI is InChI=1S/C24H22N2O5/c1-2-30-24(29)17-5-3-4-16(12-17)19-11-10-18(31-19)13-25-26-22(27)20-14-6-7-15(9-8-14)21(20)23(26)28/h3-7,10-15,20-21H,2,8-9H2,1H3. The fourth-order valence-corrected chi connectivity index (χ4v) is 4.88. The van der Waals surface area contributed by atoms with Crippen LogP contribution in [0.4, 0.5) is 0 Å². The molecule has 1 aliphatic heterocycles. The van der Waals surface area contributed by atoms with Crippen LogP contribution >= 0.6 is 0 Å². The molecule has 4 aliphatic rings. The Morgan fingerprint density at radius 3 is 2.48 bits per heavy atom. The zero-order chi connectivity index (χ0) is 21.5. The van der Waals surface area contributed by atoms with Crippen LogP contribution in [0.3, 0.4) is 0 Å². The fraction of sp³-hybridized carbons (Fsp3) is 0.333. The lowest BCUT2D eigenvalue weighted by Gasteiger charge is -2.37. The van der Waals surface area contributed by atoms with Crippen molar-refractivity contribution in [2.45, 2.75) is 19.8 Å². The fourth-order valence-electron chi connectivity index (χ4n) is 4.88.